The SMILES string of the molecule is CSc1ccc(NC(=O)CSc2nc3ccccc3[nH]2)cc1. The Kier molecular flexibility index (Phi) is 4.70. The maximum atomic E-state index is 12.0. The quantitative estimate of drug-likeness (QED) is 0.694. The zero-order chi connectivity index (χ0) is 15.4. The van der Waals surface area contributed by atoms with Crippen LogP contribution in [0.4, 0.5) is 5.69 Å². The number of fused-ring (bicyclic) bond motifs is 1. The van der Waals surface area contributed by atoms with E-state index in [0.29, 0.717) is 5.75 Å². The van der Waals surface area contributed by atoms with Gasteiger partial charge in [0.25, 0.3) is 0 Å². The van der Waals surface area contributed by atoms with E-state index in [9.17, 15) is 4.79 Å². The highest BCUT2D eigenvalue weighted by Gasteiger charge is 2.07. The molecule has 22 heavy (non-hydrogen) atoms. The van der Waals surface area contributed by atoms with Gasteiger partial charge in [-0.2, -0.15) is 0 Å². The molecule has 1 amide bonds. The van der Waals surface area contributed by atoms with Crippen LogP contribution in [0.25, 0.3) is 11.0 Å². The van der Waals surface area contributed by atoms with Gasteiger partial charge in [-0.25, -0.2) is 4.98 Å². The lowest BCUT2D eigenvalue weighted by atomic mass is 10.3. The summed E-state index contributed by atoms with van der Waals surface area (Å²) in [5.41, 5.74) is 2.71. The van der Waals surface area contributed by atoms with Crippen LogP contribution in [0.5, 0.6) is 0 Å². The highest BCUT2D eigenvalue weighted by atomic mass is 32.2. The van der Waals surface area contributed by atoms with Crippen LogP contribution in [-0.4, -0.2) is 27.9 Å². The summed E-state index contributed by atoms with van der Waals surface area (Å²) in [6.45, 7) is 0. The molecule has 0 unspecified atom stereocenters. The zero-order valence-electron chi connectivity index (χ0n) is 12.0. The molecule has 0 atom stereocenters. The molecule has 0 saturated carbocycles. The van der Waals surface area contributed by atoms with Crippen molar-refractivity contribution in [3.63, 3.8) is 0 Å². The number of carbonyl (C=O) groups is 1. The van der Waals surface area contributed by atoms with Gasteiger partial charge in [-0.3, -0.25) is 4.79 Å². The number of hydrogen-bond acceptors (Lipinski definition) is 4. The second kappa shape index (κ2) is 6.89. The van der Waals surface area contributed by atoms with E-state index in [0.717, 1.165) is 21.9 Å². The summed E-state index contributed by atoms with van der Waals surface area (Å²) in [6.07, 6.45) is 2.03. The van der Waals surface area contributed by atoms with Crippen LogP contribution in [0.2, 0.25) is 0 Å². The zero-order valence-corrected chi connectivity index (χ0v) is 13.6. The minimum atomic E-state index is -0.0395. The van der Waals surface area contributed by atoms with Crippen molar-refractivity contribution in [2.24, 2.45) is 0 Å². The number of thioether (sulfide) groups is 2. The molecule has 0 fully saturated rings. The Morgan fingerprint density at radius 1 is 1.18 bits per heavy atom. The van der Waals surface area contributed by atoms with Crippen LogP contribution in [0, 0.1) is 0 Å². The van der Waals surface area contributed by atoms with E-state index in [-0.39, 0.29) is 5.91 Å². The molecule has 1 aromatic heterocycles. The molecule has 2 N–H and O–H groups in total. The van der Waals surface area contributed by atoms with Crippen molar-refractivity contribution in [1.29, 1.82) is 0 Å². The van der Waals surface area contributed by atoms with Gasteiger partial charge in [-0.05, 0) is 42.7 Å². The number of aromatic nitrogens is 2. The van der Waals surface area contributed by atoms with Gasteiger partial charge >= 0.3 is 0 Å². The third-order valence-electron chi connectivity index (χ3n) is 3.08. The van der Waals surface area contributed by atoms with Gasteiger partial charge in [0.05, 0.1) is 16.8 Å². The Bertz CT molecular complexity index is 750. The molecule has 0 spiro atoms. The number of imidazole rings is 1. The molecule has 6 heteroatoms. The molecule has 0 radical (unpaired) electrons. The lowest BCUT2D eigenvalue weighted by Crippen LogP contribution is -2.13. The summed E-state index contributed by atoms with van der Waals surface area (Å²) in [5, 5.41) is 3.64. The summed E-state index contributed by atoms with van der Waals surface area (Å²) < 4.78 is 0. The Labute approximate surface area is 137 Å². The number of amides is 1. The van der Waals surface area contributed by atoms with Gasteiger partial charge in [-0.15, -0.1) is 11.8 Å². The Morgan fingerprint density at radius 3 is 2.68 bits per heavy atom. The predicted molar refractivity (Wildman–Crippen MR) is 93.7 cm³/mol. The van der Waals surface area contributed by atoms with Crippen molar-refractivity contribution in [3.05, 3.63) is 48.5 Å². The van der Waals surface area contributed by atoms with Crippen LogP contribution < -0.4 is 5.32 Å². The van der Waals surface area contributed by atoms with E-state index in [1.54, 1.807) is 11.8 Å². The first-order valence-electron chi connectivity index (χ1n) is 6.76. The predicted octanol–water partition coefficient (Wildman–Crippen LogP) is 4.02. The molecular weight excluding hydrogens is 314 g/mol. The molecule has 0 saturated heterocycles. The number of aromatic amines is 1. The number of para-hydroxylation sites is 2. The standard InChI is InChI=1S/C16H15N3OS2/c1-21-12-8-6-11(7-9-12)17-15(20)10-22-16-18-13-4-2-3-5-14(13)19-16/h2-9H,10H2,1H3,(H,17,20)(H,18,19). The van der Waals surface area contributed by atoms with Crippen LogP contribution in [-0.2, 0) is 4.79 Å². The summed E-state index contributed by atoms with van der Waals surface area (Å²) in [4.78, 5) is 20.8. The van der Waals surface area contributed by atoms with Gasteiger partial charge in [0.1, 0.15) is 0 Å². The Hall–Kier alpha value is -1.92. The summed E-state index contributed by atoms with van der Waals surface area (Å²) >= 11 is 3.07. The molecule has 2 aromatic carbocycles. The lowest BCUT2D eigenvalue weighted by molar-refractivity contribution is -0.113. The van der Waals surface area contributed by atoms with E-state index >= 15 is 0 Å². The fourth-order valence-electron chi connectivity index (χ4n) is 2.00. The van der Waals surface area contributed by atoms with Crippen molar-refractivity contribution in [2.45, 2.75) is 10.1 Å². The fourth-order valence-corrected chi connectivity index (χ4v) is 3.10. The van der Waals surface area contributed by atoms with Crippen molar-refractivity contribution < 1.29 is 4.79 Å². The summed E-state index contributed by atoms with van der Waals surface area (Å²) in [6, 6.07) is 15.6. The minimum Gasteiger partial charge on any atom is -0.333 e. The third-order valence-corrected chi connectivity index (χ3v) is 4.70. The number of rotatable bonds is 5. The average molecular weight is 329 g/mol. The highest BCUT2D eigenvalue weighted by molar-refractivity contribution is 7.99. The Morgan fingerprint density at radius 2 is 1.95 bits per heavy atom. The van der Waals surface area contributed by atoms with Crippen LogP contribution in [0.3, 0.4) is 0 Å². The van der Waals surface area contributed by atoms with E-state index in [1.807, 2.05) is 54.8 Å². The number of carbonyl (C=O) groups excluding carboxylic acids is 1. The van der Waals surface area contributed by atoms with Gasteiger partial charge in [-0.1, -0.05) is 23.9 Å². The summed E-state index contributed by atoms with van der Waals surface area (Å²) in [7, 11) is 0. The van der Waals surface area contributed by atoms with Crippen molar-refractivity contribution in [2.75, 3.05) is 17.3 Å². The van der Waals surface area contributed by atoms with Crippen molar-refractivity contribution in [1.82, 2.24) is 9.97 Å². The fraction of sp³-hybridized carbons (Fsp3) is 0.125. The number of hydrogen-bond donors (Lipinski definition) is 2. The van der Waals surface area contributed by atoms with Gasteiger partial charge in [0.15, 0.2) is 5.16 Å². The molecule has 0 aliphatic heterocycles. The van der Waals surface area contributed by atoms with Crippen LogP contribution in [0.15, 0.2) is 58.6 Å². The second-order valence-corrected chi connectivity index (χ2v) is 6.47. The number of anilines is 1. The molecule has 1 heterocycles. The van der Waals surface area contributed by atoms with Crippen LogP contribution >= 0.6 is 23.5 Å². The van der Waals surface area contributed by atoms with Gasteiger partial charge in [0, 0.05) is 10.6 Å². The number of nitrogens with zero attached hydrogens (tertiary/aromatic N) is 1. The van der Waals surface area contributed by atoms with E-state index < -0.39 is 0 Å². The molecule has 0 aliphatic carbocycles. The monoisotopic (exact) mass is 329 g/mol. The molecule has 0 aliphatic rings. The first-order chi connectivity index (χ1) is 10.7. The van der Waals surface area contributed by atoms with E-state index in [4.69, 9.17) is 0 Å². The van der Waals surface area contributed by atoms with Gasteiger partial charge < -0.3 is 10.3 Å². The third kappa shape index (κ3) is 3.64. The molecular formula is C16H15N3OS2. The lowest BCUT2D eigenvalue weighted by Gasteiger charge is -2.05. The van der Waals surface area contributed by atoms with Crippen molar-refractivity contribution in [3.8, 4) is 0 Å². The minimum absolute atomic E-state index is 0.0395. The number of H-pyrrole nitrogens is 1. The van der Waals surface area contributed by atoms with Crippen LogP contribution in [0.1, 0.15) is 0 Å². The number of benzene rings is 2. The summed E-state index contributed by atoms with van der Waals surface area (Å²) in [5.74, 6) is 0.284. The van der Waals surface area contributed by atoms with E-state index in [2.05, 4.69) is 15.3 Å². The first kappa shape index (κ1) is 15.0. The second-order valence-electron chi connectivity index (χ2n) is 4.62. The average Bonchev–Trinajstić information content (AvgIpc) is 2.96. The van der Waals surface area contributed by atoms with Gasteiger partial charge in [0.2, 0.25) is 5.91 Å². The topological polar surface area (TPSA) is 57.8 Å². The first-order valence-corrected chi connectivity index (χ1v) is 8.97. The molecule has 0 bridgehead atoms. The smallest absolute Gasteiger partial charge is 0.234 e. The largest absolute Gasteiger partial charge is 0.333 e. The highest BCUT2D eigenvalue weighted by Crippen LogP contribution is 2.20. The maximum Gasteiger partial charge on any atom is 0.234 e. The molecule has 3 rings (SSSR count). The van der Waals surface area contributed by atoms with Crippen molar-refractivity contribution >= 4 is 46.2 Å². The van der Waals surface area contributed by atoms with E-state index in [1.165, 1.54) is 16.7 Å². The molecule has 112 valence electrons. The maximum absolute atomic E-state index is 12.0. The number of nitrogens with one attached hydrogen (secondary N) is 2. The normalized spacial score (nSPS) is 10.8. The molecule has 4 nitrogen and oxygen atoms in total. The molecule has 3 aromatic rings. The Balaban J connectivity index is 1.57.